The van der Waals surface area contributed by atoms with Crippen molar-refractivity contribution in [3.63, 3.8) is 0 Å². The molecule has 0 atom stereocenters. The minimum absolute atomic E-state index is 0.0938. The van der Waals surface area contributed by atoms with Crippen molar-refractivity contribution in [2.45, 2.75) is 24.8 Å². The number of halogens is 1. The Hall–Kier alpha value is -2.12. The van der Waals surface area contributed by atoms with E-state index in [1.54, 1.807) is 38.4 Å². The summed E-state index contributed by atoms with van der Waals surface area (Å²) in [5, 5.41) is 0.438. The number of fused-ring (bicyclic) bond motifs is 1. The standard InChI is InChI=1S/C16H16ClN3O3S/c1-9-7-18-14(10(2)15(9)17)8-24(21,22)16-19-12-5-4-11(23-3)6-13(12)20-16/h4-7H,8H2,1-3H3,(H,19,20). The molecule has 0 unspecified atom stereocenters. The summed E-state index contributed by atoms with van der Waals surface area (Å²) in [4.78, 5) is 11.2. The normalized spacial score (nSPS) is 11.8. The molecule has 0 fully saturated rings. The SMILES string of the molecule is COc1ccc2nc(S(=O)(=O)Cc3ncc(C)c(Cl)c3C)[nH]c2c1. The van der Waals surface area contributed by atoms with Gasteiger partial charge in [-0.3, -0.25) is 4.98 Å². The van der Waals surface area contributed by atoms with Crippen molar-refractivity contribution in [2.24, 2.45) is 0 Å². The molecular formula is C16H16ClN3O3S. The van der Waals surface area contributed by atoms with Gasteiger partial charge in [-0.1, -0.05) is 11.6 Å². The number of nitrogens with zero attached hydrogens (tertiary/aromatic N) is 2. The van der Waals surface area contributed by atoms with Crippen molar-refractivity contribution in [1.29, 1.82) is 0 Å². The monoisotopic (exact) mass is 365 g/mol. The first-order chi connectivity index (χ1) is 11.3. The summed E-state index contributed by atoms with van der Waals surface area (Å²) in [7, 11) is -2.13. The number of aryl methyl sites for hydroxylation is 1. The lowest BCUT2D eigenvalue weighted by Gasteiger charge is -2.08. The van der Waals surface area contributed by atoms with Crippen molar-refractivity contribution in [2.75, 3.05) is 7.11 Å². The number of sulfone groups is 1. The van der Waals surface area contributed by atoms with E-state index in [0.29, 0.717) is 33.1 Å². The summed E-state index contributed by atoms with van der Waals surface area (Å²) in [5.74, 6) is 0.355. The largest absolute Gasteiger partial charge is 0.497 e. The van der Waals surface area contributed by atoms with Crippen LogP contribution in [-0.2, 0) is 15.6 Å². The summed E-state index contributed by atoms with van der Waals surface area (Å²) in [5.41, 5.74) is 3.05. The van der Waals surface area contributed by atoms with Gasteiger partial charge in [-0.05, 0) is 37.1 Å². The number of hydrogen-bond acceptors (Lipinski definition) is 5. The van der Waals surface area contributed by atoms with Gasteiger partial charge in [0.2, 0.25) is 15.0 Å². The van der Waals surface area contributed by atoms with Gasteiger partial charge in [-0.25, -0.2) is 13.4 Å². The van der Waals surface area contributed by atoms with Gasteiger partial charge in [0.1, 0.15) is 11.5 Å². The maximum absolute atomic E-state index is 12.7. The van der Waals surface area contributed by atoms with Gasteiger partial charge in [0, 0.05) is 17.3 Å². The van der Waals surface area contributed by atoms with Crippen molar-refractivity contribution >= 4 is 32.5 Å². The average Bonchev–Trinajstić information content (AvgIpc) is 2.99. The number of H-pyrrole nitrogens is 1. The maximum atomic E-state index is 12.7. The Balaban J connectivity index is 2.00. The van der Waals surface area contributed by atoms with E-state index in [0.717, 1.165) is 5.56 Å². The predicted molar refractivity (Wildman–Crippen MR) is 92.3 cm³/mol. The molecule has 1 N–H and O–H groups in total. The van der Waals surface area contributed by atoms with Gasteiger partial charge in [0.25, 0.3) is 0 Å². The van der Waals surface area contributed by atoms with Crippen LogP contribution in [0.3, 0.4) is 0 Å². The third kappa shape index (κ3) is 2.97. The Bertz CT molecular complexity index is 1030. The molecule has 8 heteroatoms. The first kappa shape index (κ1) is 16.7. The highest BCUT2D eigenvalue weighted by Crippen LogP contribution is 2.25. The Kier molecular flexibility index (Phi) is 4.23. The minimum atomic E-state index is -3.68. The van der Waals surface area contributed by atoms with Crippen LogP contribution in [-0.4, -0.2) is 30.5 Å². The second kappa shape index (κ2) is 6.07. The predicted octanol–water partition coefficient (Wildman–Crippen LogP) is 3.21. The molecule has 1 aromatic carbocycles. The number of aromatic amines is 1. The van der Waals surface area contributed by atoms with Crippen molar-refractivity contribution in [3.8, 4) is 5.75 Å². The number of benzene rings is 1. The van der Waals surface area contributed by atoms with Gasteiger partial charge in [0.15, 0.2) is 0 Å². The fourth-order valence-corrected chi connectivity index (χ4v) is 3.83. The third-order valence-corrected chi connectivity index (χ3v) is 5.83. The molecule has 0 aliphatic heterocycles. The molecule has 126 valence electrons. The Morgan fingerprint density at radius 3 is 2.75 bits per heavy atom. The fraction of sp³-hybridized carbons (Fsp3) is 0.250. The van der Waals surface area contributed by atoms with Crippen LogP contribution >= 0.6 is 11.6 Å². The molecule has 0 aliphatic rings. The molecule has 24 heavy (non-hydrogen) atoms. The fourth-order valence-electron chi connectivity index (χ4n) is 2.38. The van der Waals surface area contributed by atoms with Crippen LogP contribution in [0.4, 0.5) is 0 Å². The number of pyridine rings is 1. The Labute approximate surface area is 144 Å². The van der Waals surface area contributed by atoms with E-state index in [1.165, 1.54) is 0 Å². The highest BCUT2D eigenvalue weighted by molar-refractivity contribution is 7.90. The van der Waals surface area contributed by atoms with Gasteiger partial charge in [-0.2, -0.15) is 0 Å². The van der Waals surface area contributed by atoms with E-state index in [4.69, 9.17) is 16.3 Å². The second-order valence-electron chi connectivity index (χ2n) is 5.51. The smallest absolute Gasteiger partial charge is 0.226 e. The summed E-state index contributed by atoms with van der Waals surface area (Å²) in [6.45, 7) is 3.59. The highest BCUT2D eigenvalue weighted by Gasteiger charge is 2.22. The molecule has 0 spiro atoms. The zero-order valence-electron chi connectivity index (χ0n) is 13.4. The van der Waals surface area contributed by atoms with Crippen LogP contribution in [0, 0.1) is 13.8 Å². The minimum Gasteiger partial charge on any atom is -0.497 e. The first-order valence-corrected chi connectivity index (χ1v) is 9.22. The van der Waals surface area contributed by atoms with Crippen LogP contribution < -0.4 is 4.74 Å². The van der Waals surface area contributed by atoms with Gasteiger partial charge < -0.3 is 9.72 Å². The first-order valence-electron chi connectivity index (χ1n) is 7.19. The molecular weight excluding hydrogens is 350 g/mol. The summed E-state index contributed by atoms with van der Waals surface area (Å²) in [6.07, 6.45) is 1.57. The maximum Gasteiger partial charge on any atom is 0.226 e. The lowest BCUT2D eigenvalue weighted by atomic mass is 10.2. The van der Waals surface area contributed by atoms with E-state index in [-0.39, 0.29) is 10.9 Å². The lowest BCUT2D eigenvalue weighted by molar-refractivity contribution is 0.415. The summed E-state index contributed by atoms with van der Waals surface area (Å²) in [6, 6.07) is 5.13. The third-order valence-electron chi connectivity index (χ3n) is 3.81. The zero-order chi connectivity index (χ0) is 17.5. The Morgan fingerprint density at radius 1 is 1.29 bits per heavy atom. The summed E-state index contributed by atoms with van der Waals surface area (Å²) >= 11 is 6.18. The van der Waals surface area contributed by atoms with E-state index < -0.39 is 9.84 Å². The zero-order valence-corrected chi connectivity index (χ0v) is 15.0. The molecule has 2 aromatic heterocycles. The molecule has 0 amide bonds. The summed E-state index contributed by atoms with van der Waals surface area (Å²) < 4.78 is 30.5. The number of nitrogens with one attached hydrogen (secondary N) is 1. The molecule has 0 saturated carbocycles. The molecule has 0 aliphatic carbocycles. The quantitative estimate of drug-likeness (QED) is 0.767. The van der Waals surface area contributed by atoms with E-state index >= 15 is 0 Å². The number of imidazole rings is 1. The lowest BCUT2D eigenvalue weighted by Crippen LogP contribution is -2.10. The van der Waals surface area contributed by atoms with Crippen LogP contribution in [0.5, 0.6) is 5.75 Å². The van der Waals surface area contributed by atoms with Gasteiger partial charge >= 0.3 is 0 Å². The van der Waals surface area contributed by atoms with E-state index in [9.17, 15) is 8.42 Å². The average molecular weight is 366 g/mol. The molecule has 0 bridgehead atoms. The van der Waals surface area contributed by atoms with Crippen LogP contribution in [0.2, 0.25) is 5.02 Å². The van der Waals surface area contributed by atoms with Crippen molar-refractivity contribution in [3.05, 3.63) is 46.2 Å². The Morgan fingerprint density at radius 2 is 2.04 bits per heavy atom. The molecule has 3 aromatic rings. The van der Waals surface area contributed by atoms with Crippen LogP contribution in [0.25, 0.3) is 11.0 Å². The van der Waals surface area contributed by atoms with Gasteiger partial charge in [-0.15, -0.1) is 0 Å². The number of hydrogen-bond donors (Lipinski definition) is 1. The second-order valence-corrected chi connectivity index (χ2v) is 7.79. The number of aromatic nitrogens is 3. The molecule has 2 heterocycles. The number of methoxy groups -OCH3 is 1. The molecule has 6 nitrogen and oxygen atoms in total. The number of ether oxygens (including phenoxy) is 1. The topological polar surface area (TPSA) is 84.9 Å². The molecule has 3 rings (SSSR count). The van der Waals surface area contributed by atoms with Crippen molar-refractivity contribution < 1.29 is 13.2 Å². The highest BCUT2D eigenvalue weighted by atomic mass is 35.5. The van der Waals surface area contributed by atoms with Crippen LogP contribution in [0.15, 0.2) is 29.6 Å². The van der Waals surface area contributed by atoms with Crippen molar-refractivity contribution in [1.82, 2.24) is 15.0 Å². The van der Waals surface area contributed by atoms with Gasteiger partial charge in [0.05, 0.1) is 23.8 Å². The molecule has 0 radical (unpaired) electrons. The number of rotatable bonds is 4. The van der Waals surface area contributed by atoms with Crippen LogP contribution in [0.1, 0.15) is 16.8 Å². The van der Waals surface area contributed by atoms with E-state index in [2.05, 4.69) is 15.0 Å². The van der Waals surface area contributed by atoms with E-state index in [1.807, 2.05) is 6.92 Å². The molecule has 0 saturated heterocycles.